The fourth-order valence-electron chi connectivity index (χ4n) is 2.64. The molecule has 0 saturated carbocycles. The molecule has 1 atom stereocenters. The molecule has 8 heteroatoms. The average Bonchev–Trinajstić information content (AvgIpc) is 3.24. The summed E-state index contributed by atoms with van der Waals surface area (Å²) in [6, 6.07) is 7.97. The molecule has 2 N–H and O–H groups in total. The van der Waals surface area contributed by atoms with Crippen molar-refractivity contribution in [2.45, 2.75) is 26.3 Å². The molecule has 0 amide bonds. The van der Waals surface area contributed by atoms with Crippen molar-refractivity contribution in [3.05, 3.63) is 40.1 Å². The van der Waals surface area contributed by atoms with Gasteiger partial charge in [0.1, 0.15) is 5.75 Å². The maximum atomic E-state index is 5.48. The fourth-order valence-corrected chi connectivity index (χ4v) is 3.43. The number of benzene rings is 1. The zero-order chi connectivity index (χ0) is 19.6. The van der Waals surface area contributed by atoms with Gasteiger partial charge in [-0.2, -0.15) is 0 Å². The fraction of sp³-hybridized carbons (Fsp3) is 0.450. The number of hydrogen-bond donors (Lipinski definition) is 2. The largest absolute Gasteiger partial charge is 0.496 e. The Morgan fingerprint density at radius 3 is 2.32 bits per heavy atom. The molecule has 1 unspecified atom stereocenters. The standard InChI is InChI=1S/C20H29N3O3S.HI/c1-6-21-20(22-12-14(2)19-8-7-9-27-19)23-13-15-10-17(25-4)18(26-5)11-16(15)24-3;/h7-11,14H,6,12-13H2,1-5H3,(H2,21,22,23);1H. The van der Waals surface area contributed by atoms with E-state index in [0.29, 0.717) is 24.0 Å². The highest BCUT2D eigenvalue weighted by Crippen LogP contribution is 2.34. The lowest BCUT2D eigenvalue weighted by atomic mass is 10.1. The number of ether oxygens (including phenoxy) is 3. The van der Waals surface area contributed by atoms with Gasteiger partial charge in [-0.05, 0) is 24.4 Å². The SMILES string of the molecule is CCNC(=NCc1cc(OC)c(OC)cc1OC)NCC(C)c1cccs1.I. The lowest BCUT2D eigenvalue weighted by molar-refractivity contribution is 0.347. The summed E-state index contributed by atoms with van der Waals surface area (Å²) in [6.07, 6.45) is 0. The number of hydrogen-bond acceptors (Lipinski definition) is 5. The van der Waals surface area contributed by atoms with Crippen molar-refractivity contribution >= 4 is 41.3 Å². The predicted molar refractivity (Wildman–Crippen MR) is 127 cm³/mol. The van der Waals surface area contributed by atoms with Gasteiger partial charge in [-0.1, -0.05) is 13.0 Å². The molecular formula is C20H30IN3O3S. The van der Waals surface area contributed by atoms with Crippen molar-refractivity contribution in [1.82, 2.24) is 10.6 Å². The zero-order valence-corrected chi connectivity index (χ0v) is 20.2. The second-order valence-electron chi connectivity index (χ2n) is 6.01. The molecule has 0 aliphatic heterocycles. The summed E-state index contributed by atoms with van der Waals surface area (Å²) in [5, 5.41) is 8.81. The topological polar surface area (TPSA) is 64.1 Å². The summed E-state index contributed by atoms with van der Waals surface area (Å²) < 4.78 is 16.2. The number of guanidine groups is 1. The van der Waals surface area contributed by atoms with Crippen LogP contribution in [0.1, 0.15) is 30.2 Å². The van der Waals surface area contributed by atoms with Gasteiger partial charge in [0.25, 0.3) is 0 Å². The van der Waals surface area contributed by atoms with E-state index in [1.807, 2.05) is 12.1 Å². The molecule has 28 heavy (non-hydrogen) atoms. The van der Waals surface area contributed by atoms with Crippen LogP contribution < -0.4 is 24.8 Å². The molecule has 0 fully saturated rings. The minimum absolute atomic E-state index is 0. The Hall–Kier alpha value is -1.68. The van der Waals surface area contributed by atoms with Crippen LogP contribution in [0.15, 0.2) is 34.6 Å². The minimum atomic E-state index is 0. The Morgan fingerprint density at radius 2 is 1.75 bits per heavy atom. The van der Waals surface area contributed by atoms with Gasteiger partial charge in [0, 0.05) is 35.5 Å². The minimum Gasteiger partial charge on any atom is -0.496 e. The van der Waals surface area contributed by atoms with Crippen molar-refractivity contribution in [3.63, 3.8) is 0 Å². The van der Waals surface area contributed by atoms with E-state index in [-0.39, 0.29) is 24.0 Å². The van der Waals surface area contributed by atoms with Crippen LogP contribution in [0.5, 0.6) is 17.2 Å². The third kappa shape index (κ3) is 6.73. The van der Waals surface area contributed by atoms with Crippen LogP contribution in [0.4, 0.5) is 0 Å². The van der Waals surface area contributed by atoms with E-state index >= 15 is 0 Å². The number of thiophene rings is 1. The van der Waals surface area contributed by atoms with Crippen LogP contribution in [0.3, 0.4) is 0 Å². The van der Waals surface area contributed by atoms with Crippen LogP contribution in [0.25, 0.3) is 0 Å². The number of rotatable bonds is 9. The summed E-state index contributed by atoms with van der Waals surface area (Å²) >= 11 is 1.78. The second-order valence-corrected chi connectivity index (χ2v) is 6.99. The van der Waals surface area contributed by atoms with Crippen molar-refractivity contribution in [3.8, 4) is 17.2 Å². The Morgan fingerprint density at radius 1 is 1.07 bits per heavy atom. The number of aliphatic imine (C=N–C) groups is 1. The van der Waals surface area contributed by atoms with Crippen LogP contribution in [0.2, 0.25) is 0 Å². The normalized spacial score (nSPS) is 12.0. The summed E-state index contributed by atoms with van der Waals surface area (Å²) in [5.41, 5.74) is 0.929. The highest BCUT2D eigenvalue weighted by atomic mass is 127. The molecule has 1 heterocycles. The van der Waals surface area contributed by atoms with Gasteiger partial charge in [-0.25, -0.2) is 4.99 Å². The van der Waals surface area contributed by atoms with Crippen molar-refractivity contribution in [1.29, 1.82) is 0 Å². The monoisotopic (exact) mass is 519 g/mol. The first-order chi connectivity index (χ1) is 13.1. The third-order valence-corrected chi connectivity index (χ3v) is 5.25. The van der Waals surface area contributed by atoms with E-state index in [1.54, 1.807) is 32.7 Å². The Balaban J connectivity index is 0.00000392. The van der Waals surface area contributed by atoms with Gasteiger partial charge in [0.05, 0.1) is 27.9 Å². The van der Waals surface area contributed by atoms with E-state index in [2.05, 4.69) is 42.0 Å². The lowest BCUT2D eigenvalue weighted by Crippen LogP contribution is -2.39. The summed E-state index contributed by atoms with van der Waals surface area (Å²) in [5.74, 6) is 3.21. The highest BCUT2D eigenvalue weighted by molar-refractivity contribution is 14.0. The maximum Gasteiger partial charge on any atom is 0.191 e. The molecule has 2 rings (SSSR count). The predicted octanol–water partition coefficient (Wildman–Crippen LogP) is 4.25. The van der Waals surface area contributed by atoms with E-state index in [0.717, 1.165) is 30.4 Å². The van der Waals surface area contributed by atoms with Gasteiger partial charge in [0.15, 0.2) is 17.5 Å². The van der Waals surface area contributed by atoms with Crippen LogP contribution in [-0.2, 0) is 6.54 Å². The van der Waals surface area contributed by atoms with E-state index in [1.165, 1.54) is 4.88 Å². The number of halogens is 1. The Labute approximate surface area is 188 Å². The smallest absolute Gasteiger partial charge is 0.191 e. The van der Waals surface area contributed by atoms with Crippen molar-refractivity contribution in [2.75, 3.05) is 34.4 Å². The third-order valence-electron chi connectivity index (χ3n) is 4.14. The van der Waals surface area contributed by atoms with Crippen LogP contribution >= 0.6 is 35.3 Å². The molecule has 0 aliphatic carbocycles. The Bertz CT molecular complexity index is 739. The molecule has 0 spiro atoms. The molecule has 156 valence electrons. The first-order valence-corrected chi connectivity index (χ1v) is 9.85. The van der Waals surface area contributed by atoms with Crippen molar-refractivity contribution in [2.24, 2.45) is 4.99 Å². The van der Waals surface area contributed by atoms with Crippen LogP contribution in [-0.4, -0.2) is 40.4 Å². The molecule has 6 nitrogen and oxygen atoms in total. The van der Waals surface area contributed by atoms with Crippen LogP contribution in [0, 0.1) is 0 Å². The van der Waals surface area contributed by atoms with E-state index < -0.39 is 0 Å². The molecule has 0 bridgehead atoms. The molecule has 1 aromatic carbocycles. The molecule has 1 aromatic heterocycles. The first kappa shape index (κ1) is 24.4. The first-order valence-electron chi connectivity index (χ1n) is 8.97. The molecule has 2 aromatic rings. The summed E-state index contributed by atoms with van der Waals surface area (Å²) in [4.78, 5) is 6.06. The molecule has 0 radical (unpaired) electrons. The van der Waals surface area contributed by atoms with Gasteiger partial charge < -0.3 is 24.8 Å². The summed E-state index contributed by atoms with van der Waals surface area (Å²) in [6.45, 7) is 6.33. The van der Waals surface area contributed by atoms with Gasteiger partial charge in [-0.15, -0.1) is 35.3 Å². The molecular weight excluding hydrogens is 489 g/mol. The second kappa shape index (κ2) is 12.7. The van der Waals surface area contributed by atoms with E-state index in [4.69, 9.17) is 19.2 Å². The number of nitrogens with zero attached hydrogens (tertiary/aromatic N) is 1. The highest BCUT2D eigenvalue weighted by Gasteiger charge is 2.12. The zero-order valence-electron chi connectivity index (χ0n) is 17.1. The molecule has 0 saturated heterocycles. The number of nitrogens with one attached hydrogen (secondary N) is 2. The maximum absolute atomic E-state index is 5.48. The quantitative estimate of drug-likeness (QED) is 0.295. The van der Waals surface area contributed by atoms with E-state index in [9.17, 15) is 0 Å². The number of methoxy groups -OCH3 is 3. The van der Waals surface area contributed by atoms with Crippen molar-refractivity contribution < 1.29 is 14.2 Å². The summed E-state index contributed by atoms with van der Waals surface area (Å²) in [7, 11) is 4.87. The average molecular weight is 519 g/mol. The van der Waals surface area contributed by atoms with Gasteiger partial charge in [-0.3, -0.25) is 0 Å². The van der Waals surface area contributed by atoms with Gasteiger partial charge in [0.2, 0.25) is 0 Å². The lowest BCUT2D eigenvalue weighted by Gasteiger charge is -2.16. The molecule has 0 aliphatic rings. The Kier molecular flexibility index (Phi) is 11.1. The van der Waals surface area contributed by atoms with Gasteiger partial charge >= 0.3 is 0 Å².